The van der Waals surface area contributed by atoms with Crippen LogP contribution < -0.4 is 0 Å². The summed E-state index contributed by atoms with van der Waals surface area (Å²) in [6, 6.07) is 11.4. The average molecular weight is 549 g/mol. The van der Waals surface area contributed by atoms with Crippen molar-refractivity contribution < 1.29 is 14.3 Å². The van der Waals surface area contributed by atoms with Gasteiger partial charge in [0.05, 0.1) is 0 Å². The first-order valence-electron chi connectivity index (χ1n) is 12.4. The number of rotatable bonds is 4. The first-order valence-corrected chi connectivity index (χ1v) is 22.6. The molecule has 0 N–H and O–H groups in total. The van der Waals surface area contributed by atoms with Crippen LogP contribution in [0.25, 0.3) is 0 Å². The molecule has 0 radical (unpaired) electrons. The van der Waals surface area contributed by atoms with Gasteiger partial charge in [0, 0.05) is 0 Å². The van der Waals surface area contributed by atoms with Crippen LogP contribution in [0.4, 0.5) is 4.79 Å². The van der Waals surface area contributed by atoms with E-state index in [1.54, 1.807) is 0 Å². The van der Waals surface area contributed by atoms with Crippen molar-refractivity contribution in [2.75, 3.05) is 19.7 Å². The predicted molar refractivity (Wildman–Crippen MR) is 131 cm³/mol. The number of piperidine rings is 1. The second kappa shape index (κ2) is 8.77. The van der Waals surface area contributed by atoms with E-state index < -0.39 is 24.1 Å². The fraction of sp³-hybridized carbons (Fsp3) is 0.731. The fourth-order valence-corrected chi connectivity index (χ4v) is 14.5. The number of hydrogen-bond donors (Lipinski definition) is 0. The van der Waals surface area contributed by atoms with Gasteiger partial charge in [-0.15, -0.1) is 0 Å². The molecule has 0 saturated carbocycles. The molecule has 0 aliphatic carbocycles. The van der Waals surface area contributed by atoms with Gasteiger partial charge in [-0.2, -0.15) is 0 Å². The second-order valence-corrected chi connectivity index (χ2v) is 27.5. The maximum absolute atomic E-state index is 13.7. The van der Waals surface area contributed by atoms with Crippen LogP contribution in [0.1, 0.15) is 56.5 Å². The van der Waals surface area contributed by atoms with Gasteiger partial charge < -0.3 is 0 Å². The van der Waals surface area contributed by atoms with Gasteiger partial charge in [-0.1, -0.05) is 0 Å². The van der Waals surface area contributed by atoms with E-state index in [9.17, 15) is 4.79 Å². The van der Waals surface area contributed by atoms with E-state index in [1.807, 2.05) is 18.7 Å². The monoisotopic (exact) mass is 550 g/mol. The van der Waals surface area contributed by atoms with Crippen molar-refractivity contribution in [2.45, 2.75) is 89.1 Å². The van der Waals surface area contributed by atoms with Crippen LogP contribution >= 0.6 is 0 Å². The van der Waals surface area contributed by atoms with Gasteiger partial charge in [-0.05, 0) is 0 Å². The Kier molecular flexibility index (Phi) is 6.67. The summed E-state index contributed by atoms with van der Waals surface area (Å²) < 4.78 is 13.0. The molecule has 0 spiro atoms. The van der Waals surface area contributed by atoms with Gasteiger partial charge in [-0.3, -0.25) is 0 Å². The number of ether oxygens (including phenoxy) is 2. The van der Waals surface area contributed by atoms with Crippen LogP contribution in [0.3, 0.4) is 0 Å². The third-order valence-corrected chi connectivity index (χ3v) is 15.3. The zero-order valence-corrected chi connectivity index (χ0v) is 23.9. The van der Waals surface area contributed by atoms with E-state index in [0.29, 0.717) is 22.5 Å². The van der Waals surface area contributed by atoms with Crippen molar-refractivity contribution in [3.63, 3.8) is 0 Å². The number of nitrogens with zero attached hydrogens (tertiary/aromatic N) is 2. The molecule has 3 aliphatic rings. The molecule has 1 aromatic carbocycles. The molecule has 178 valence electrons. The van der Waals surface area contributed by atoms with Gasteiger partial charge in [0.15, 0.2) is 0 Å². The summed E-state index contributed by atoms with van der Waals surface area (Å²) >= 11 is -2.44. The SMILES string of the molecule is CC1(C)COC(C)(C)N1C(=O)O[C@H]1[C@H]([C@@H](c2ccccc2)[Sn]([CH3])([CH3])[CH3])CN2CCCC[C@H]12. The molecule has 1 aromatic rings. The van der Waals surface area contributed by atoms with Gasteiger partial charge in [0.25, 0.3) is 0 Å². The van der Waals surface area contributed by atoms with E-state index in [4.69, 9.17) is 9.47 Å². The van der Waals surface area contributed by atoms with E-state index in [0.717, 1.165) is 19.5 Å². The van der Waals surface area contributed by atoms with Crippen molar-refractivity contribution in [1.29, 1.82) is 0 Å². The second-order valence-electron chi connectivity index (χ2n) is 12.2. The van der Waals surface area contributed by atoms with E-state index >= 15 is 0 Å². The summed E-state index contributed by atoms with van der Waals surface area (Å²) in [7, 11) is 0. The molecule has 32 heavy (non-hydrogen) atoms. The third-order valence-electron chi connectivity index (χ3n) is 7.77. The zero-order valence-electron chi connectivity index (χ0n) is 21.1. The Morgan fingerprint density at radius 2 is 1.81 bits per heavy atom. The summed E-state index contributed by atoms with van der Waals surface area (Å²) in [6.07, 6.45) is 3.32. The Balaban J connectivity index is 1.68. The van der Waals surface area contributed by atoms with Crippen LogP contribution in [0.2, 0.25) is 14.8 Å². The summed E-state index contributed by atoms with van der Waals surface area (Å²) in [5, 5.41) is 0. The van der Waals surface area contributed by atoms with Gasteiger partial charge in [0.1, 0.15) is 0 Å². The molecule has 3 saturated heterocycles. The predicted octanol–water partition coefficient (Wildman–Crippen LogP) is 5.48. The Labute approximate surface area is 198 Å². The van der Waals surface area contributed by atoms with Crippen LogP contribution in [0, 0.1) is 5.92 Å². The molecule has 3 fully saturated rings. The molecule has 5 nitrogen and oxygen atoms in total. The third kappa shape index (κ3) is 4.58. The summed E-state index contributed by atoms with van der Waals surface area (Å²) in [4.78, 5) is 25.7. The Morgan fingerprint density at radius 1 is 1.12 bits per heavy atom. The van der Waals surface area contributed by atoms with Crippen LogP contribution in [0.5, 0.6) is 0 Å². The molecule has 4 atom stereocenters. The molecule has 0 bridgehead atoms. The topological polar surface area (TPSA) is 42.0 Å². The maximum atomic E-state index is 13.7. The minimum absolute atomic E-state index is 0.0591. The molecule has 0 aromatic heterocycles. The van der Waals surface area contributed by atoms with Crippen molar-refractivity contribution >= 4 is 24.5 Å². The van der Waals surface area contributed by atoms with E-state index in [2.05, 4.69) is 63.9 Å². The first kappa shape index (κ1) is 24.3. The molecule has 3 aliphatic heterocycles. The summed E-state index contributed by atoms with van der Waals surface area (Å²) in [5.74, 6) is 0.356. The summed E-state index contributed by atoms with van der Waals surface area (Å²) in [5.41, 5.74) is 0.415. The number of carbonyl (C=O) groups excluding carboxylic acids is 1. The number of benzene rings is 1. The van der Waals surface area contributed by atoms with Crippen molar-refractivity contribution in [3.8, 4) is 0 Å². The number of hydrogen-bond acceptors (Lipinski definition) is 4. The fourth-order valence-electron chi connectivity index (χ4n) is 6.63. The average Bonchev–Trinajstić information content (AvgIpc) is 3.15. The van der Waals surface area contributed by atoms with Crippen molar-refractivity contribution in [1.82, 2.24) is 9.80 Å². The number of fused-ring (bicyclic) bond motifs is 1. The Morgan fingerprint density at radius 3 is 2.41 bits per heavy atom. The van der Waals surface area contributed by atoms with Crippen molar-refractivity contribution in [2.24, 2.45) is 5.92 Å². The molecular formula is C26H42N2O3Sn. The van der Waals surface area contributed by atoms with Crippen molar-refractivity contribution in [3.05, 3.63) is 35.9 Å². The minimum atomic E-state index is -2.44. The standard InChI is InChI=1S/C23H33N2O3.3CH3.Sn/c1-22(2)16-27-23(3,4)25(22)21(26)28-20-18(14-17-10-6-5-7-11-17)15-24-13-9-8-12-19(20)24;;;;/h5-7,10-11,14,18-20H,8-9,12-13,15-16H2,1-4H3;3*1H3;/t18-,19-,20+;;;;/m1..../s1. The molecule has 6 heteroatoms. The van der Waals surface area contributed by atoms with E-state index in [1.165, 1.54) is 18.4 Å². The molecule has 1 amide bonds. The van der Waals surface area contributed by atoms with Crippen LogP contribution in [-0.2, 0) is 9.47 Å². The van der Waals surface area contributed by atoms with Gasteiger partial charge in [0.2, 0.25) is 0 Å². The molecule has 3 heterocycles. The normalized spacial score (nSPS) is 30.7. The Bertz CT molecular complexity index is 804. The number of carbonyl (C=O) groups is 1. The molecular weight excluding hydrogens is 507 g/mol. The van der Waals surface area contributed by atoms with Gasteiger partial charge in [-0.25, -0.2) is 0 Å². The van der Waals surface area contributed by atoms with Crippen LogP contribution in [0.15, 0.2) is 30.3 Å². The van der Waals surface area contributed by atoms with E-state index in [-0.39, 0.29) is 17.7 Å². The quantitative estimate of drug-likeness (QED) is 0.467. The van der Waals surface area contributed by atoms with Gasteiger partial charge >= 0.3 is 199 Å². The zero-order chi connectivity index (χ0) is 23.3. The summed E-state index contributed by atoms with van der Waals surface area (Å²) in [6.45, 7) is 10.8. The number of amides is 1. The first-order chi connectivity index (χ1) is 14.9. The van der Waals surface area contributed by atoms with Crippen LogP contribution in [-0.4, -0.2) is 77.4 Å². The molecule has 0 unspecified atom stereocenters. The Hall–Kier alpha value is -0.791. The molecule has 4 rings (SSSR count).